The number of piperidine rings is 1. The summed E-state index contributed by atoms with van der Waals surface area (Å²) in [5.41, 5.74) is 7.30. The number of aromatic nitrogens is 2. The van der Waals surface area contributed by atoms with Gasteiger partial charge in [-0.1, -0.05) is 6.92 Å². The number of hydrogen-bond donors (Lipinski definition) is 1. The van der Waals surface area contributed by atoms with Gasteiger partial charge < -0.3 is 10.3 Å². The van der Waals surface area contributed by atoms with Gasteiger partial charge in [-0.2, -0.15) is 0 Å². The average molecular weight is 222 g/mol. The number of nitrogens with zero attached hydrogens (tertiary/aromatic N) is 3. The molecule has 1 aliphatic heterocycles. The molecular formula is C12H22N4. The summed E-state index contributed by atoms with van der Waals surface area (Å²) in [6.07, 6.45) is 7.47. The van der Waals surface area contributed by atoms with Crippen LogP contribution in [0.5, 0.6) is 0 Å². The number of nitrogens with two attached hydrogens (primary N) is 1. The molecule has 1 aromatic heterocycles. The summed E-state index contributed by atoms with van der Waals surface area (Å²) in [5.74, 6) is 0. The van der Waals surface area contributed by atoms with Crippen LogP contribution >= 0.6 is 0 Å². The van der Waals surface area contributed by atoms with Crippen molar-refractivity contribution in [3.8, 4) is 0 Å². The second-order valence-corrected chi connectivity index (χ2v) is 4.72. The van der Waals surface area contributed by atoms with E-state index in [-0.39, 0.29) is 0 Å². The molecule has 0 bridgehead atoms. The lowest BCUT2D eigenvalue weighted by atomic mass is 10.1. The van der Waals surface area contributed by atoms with Gasteiger partial charge in [0.1, 0.15) is 0 Å². The van der Waals surface area contributed by atoms with E-state index in [0.717, 1.165) is 26.1 Å². The lowest BCUT2D eigenvalue weighted by Gasteiger charge is -2.30. The predicted molar refractivity (Wildman–Crippen MR) is 65.0 cm³/mol. The Morgan fingerprint density at radius 2 is 2.44 bits per heavy atom. The van der Waals surface area contributed by atoms with Crippen molar-refractivity contribution in [1.29, 1.82) is 0 Å². The second kappa shape index (κ2) is 5.46. The summed E-state index contributed by atoms with van der Waals surface area (Å²) in [6.45, 7) is 6.45. The Morgan fingerprint density at radius 1 is 1.56 bits per heavy atom. The van der Waals surface area contributed by atoms with Crippen LogP contribution in [0.4, 0.5) is 0 Å². The van der Waals surface area contributed by atoms with Crippen LogP contribution < -0.4 is 5.73 Å². The zero-order chi connectivity index (χ0) is 11.4. The second-order valence-electron chi connectivity index (χ2n) is 4.72. The van der Waals surface area contributed by atoms with Crippen LogP contribution in [0.2, 0.25) is 0 Å². The molecule has 0 aromatic carbocycles. The van der Waals surface area contributed by atoms with Crippen molar-refractivity contribution in [3.63, 3.8) is 0 Å². The van der Waals surface area contributed by atoms with Gasteiger partial charge in [0.15, 0.2) is 0 Å². The van der Waals surface area contributed by atoms with Crippen molar-refractivity contribution in [2.75, 3.05) is 13.1 Å². The van der Waals surface area contributed by atoms with Crippen LogP contribution in [-0.2, 0) is 13.1 Å². The lowest BCUT2D eigenvalue weighted by Crippen LogP contribution is -2.42. The number of imidazole rings is 1. The molecule has 16 heavy (non-hydrogen) atoms. The topological polar surface area (TPSA) is 47.1 Å². The van der Waals surface area contributed by atoms with Gasteiger partial charge in [-0.3, -0.25) is 4.90 Å². The third-order valence-corrected chi connectivity index (χ3v) is 3.19. The van der Waals surface area contributed by atoms with E-state index in [1.165, 1.54) is 25.1 Å². The van der Waals surface area contributed by atoms with E-state index >= 15 is 0 Å². The molecule has 2 rings (SSSR count). The van der Waals surface area contributed by atoms with Gasteiger partial charge in [-0.15, -0.1) is 0 Å². The summed E-state index contributed by atoms with van der Waals surface area (Å²) < 4.78 is 2.25. The Morgan fingerprint density at radius 3 is 3.19 bits per heavy atom. The SMILES string of the molecule is CCCn1cncc1CN1CCC[C@@H](N)C1. The van der Waals surface area contributed by atoms with Gasteiger partial charge in [0.05, 0.1) is 12.0 Å². The predicted octanol–water partition coefficient (Wildman–Crippen LogP) is 1.22. The number of rotatable bonds is 4. The van der Waals surface area contributed by atoms with Crippen LogP contribution in [0.15, 0.2) is 12.5 Å². The summed E-state index contributed by atoms with van der Waals surface area (Å²) in [7, 11) is 0. The maximum absolute atomic E-state index is 5.99. The zero-order valence-electron chi connectivity index (χ0n) is 10.1. The molecule has 2 N–H and O–H groups in total. The molecule has 0 spiro atoms. The highest BCUT2D eigenvalue weighted by atomic mass is 15.2. The van der Waals surface area contributed by atoms with Crippen molar-refractivity contribution in [2.24, 2.45) is 5.73 Å². The molecule has 2 heterocycles. The molecule has 0 radical (unpaired) electrons. The Kier molecular flexibility index (Phi) is 3.96. The fourth-order valence-corrected chi connectivity index (χ4v) is 2.39. The van der Waals surface area contributed by atoms with Gasteiger partial charge in [-0.25, -0.2) is 4.98 Å². The highest BCUT2D eigenvalue weighted by Gasteiger charge is 2.17. The molecule has 0 aliphatic carbocycles. The minimum Gasteiger partial charge on any atom is -0.333 e. The third-order valence-electron chi connectivity index (χ3n) is 3.19. The van der Waals surface area contributed by atoms with Crippen LogP contribution in [0.3, 0.4) is 0 Å². The van der Waals surface area contributed by atoms with E-state index in [0.29, 0.717) is 6.04 Å². The number of hydrogen-bond acceptors (Lipinski definition) is 3. The molecule has 0 saturated carbocycles. The molecule has 90 valence electrons. The fraction of sp³-hybridized carbons (Fsp3) is 0.750. The minimum absolute atomic E-state index is 0.358. The van der Waals surface area contributed by atoms with Crippen molar-refractivity contribution in [1.82, 2.24) is 14.5 Å². The molecule has 1 aliphatic rings. The van der Waals surface area contributed by atoms with Crippen LogP contribution in [-0.4, -0.2) is 33.6 Å². The van der Waals surface area contributed by atoms with E-state index in [4.69, 9.17) is 5.73 Å². The Hall–Kier alpha value is -0.870. The summed E-state index contributed by atoms with van der Waals surface area (Å²) in [5, 5.41) is 0. The summed E-state index contributed by atoms with van der Waals surface area (Å²) >= 11 is 0. The molecule has 4 heteroatoms. The largest absolute Gasteiger partial charge is 0.333 e. The van der Waals surface area contributed by atoms with E-state index < -0.39 is 0 Å². The first-order valence-corrected chi connectivity index (χ1v) is 6.26. The summed E-state index contributed by atoms with van der Waals surface area (Å²) in [6, 6.07) is 0.358. The normalized spacial score (nSPS) is 22.5. The highest BCUT2D eigenvalue weighted by Crippen LogP contribution is 2.12. The van der Waals surface area contributed by atoms with Crippen LogP contribution in [0.25, 0.3) is 0 Å². The minimum atomic E-state index is 0.358. The van der Waals surface area contributed by atoms with Gasteiger partial charge >= 0.3 is 0 Å². The fourth-order valence-electron chi connectivity index (χ4n) is 2.39. The summed E-state index contributed by atoms with van der Waals surface area (Å²) in [4.78, 5) is 6.67. The highest BCUT2D eigenvalue weighted by molar-refractivity contribution is 4.99. The average Bonchev–Trinajstić information content (AvgIpc) is 2.66. The molecule has 1 saturated heterocycles. The smallest absolute Gasteiger partial charge is 0.0948 e. The molecule has 0 amide bonds. The van der Waals surface area contributed by atoms with Gasteiger partial charge in [0, 0.05) is 31.9 Å². The van der Waals surface area contributed by atoms with E-state index in [9.17, 15) is 0 Å². The van der Waals surface area contributed by atoms with Crippen molar-refractivity contribution < 1.29 is 0 Å². The zero-order valence-corrected chi connectivity index (χ0v) is 10.1. The van der Waals surface area contributed by atoms with E-state index in [1.807, 2.05) is 12.5 Å². The number of aryl methyl sites for hydroxylation is 1. The monoisotopic (exact) mass is 222 g/mol. The Bertz CT molecular complexity index is 321. The first-order valence-electron chi connectivity index (χ1n) is 6.26. The van der Waals surface area contributed by atoms with Gasteiger partial charge in [0.25, 0.3) is 0 Å². The third kappa shape index (κ3) is 2.83. The number of likely N-dealkylation sites (tertiary alicyclic amines) is 1. The standard InChI is InChI=1S/C12H22N4/c1-2-5-16-10-14-7-12(16)9-15-6-3-4-11(13)8-15/h7,10-11H,2-6,8-9,13H2,1H3/t11-/m1/s1. The molecule has 4 nitrogen and oxygen atoms in total. The van der Waals surface area contributed by atoms with Gasteiger partial charge in [0.2, 0.25) is 0 Å². The molecular weight excluding hydrogens is 200 g/mol. The first kappa shape index (κ1) is 11.6. The maximum atomic E-state index is 5.99. The molecule has 1 atom stereocenters. The van der Waals surface area contributed by atoms with Crippen molar-refractivity contribution in [2.45, 2.75) is 45.3 Å². The Labute approximate surface area is 97.4 Å². The molecule has 1 fully saturated rings. The van der Waals surface area contributed by atoms with Crippen LogP contribution in [0.1, 0.15) is 31.9 Å². The maximum Gasteiger partial charge on any atom is 0.0948 e. The van der Waals surface area contributed by atoms with Crippen LogP contribution in [0, 0.1) is 0 Å². The Balaban J connectivity index is 1.94. The molecule has 0 unspecified atom stereocenters. The van der Waals surface area contributed by atoms with Crippen molar-refractivity contribution >= 4 is 0 Å². The van der Waals surface area contributed by atoms with Gasteiger partial charge in [-0.05, 0) is 25.8 Å². The van der Waals surface area contributed by atoms with E-state index in [1.54, 1.807) is 0 Å². The van der Waals surface area contributed by atoms with E-state index in [2.05, 4.69) is 21.4 Å². The molecule has 1 aromatic rings. The lowest BCUT2D eigenvalue weighted by molar-refractivity contribution is 0.197. The van der Waals surface area contributed by atoms with Crippen molar-refractivity contribution in [3.05, 3.63) is 18.2 Å². The quantitative estimate of drug-likeness (QED) is 0.833. The first-order chi connectivity index (χ1) is 7.79.